The van der Waals surface area contributed by atoms with Crippen LogP contribution in [0, 0.1) is 5.92 Å². The standard InChI is InChI=1S/C19H37N5O/c1-5-20-18(21-13-17(25)23-10-6-7-11-23)22-15-19(3,4)24-12-8-9-16(2)14-24/h16H,5-15H2,1-4H3,(H2,20,21,22). The van der Waals surface area contributed by atoms with Gasteiger partial charge in [-0.05, 0) is 58.9 Å². The van der Waals surface area contributed by atoms with E-state index in [-0.39, 0.29) is 18.0 Å². The van der Waals surface area contributed by atoms with Crippen LogP contribution in [0.4, 0.5) is 0 Å². The van der Waals surface area contributed by atoms with Crippen molar-refractivity contribution >= 4 is 11.9 Å². The molecular formula is C19H37N5O. The number of hydrogen-bond acceptors (Lipinski definition) is 3. The monoisotopic (exact) mass is 351 g/mol. The molecule has 0 aromatic heterocycles. The van der Waals surface area contributed by atoms with Gasteiger partial charge >= 0.3 is 0 Å². The molecule has 0 aromatic carbocycles. The van der Waals surface area contributed by atoms with Gasteiger partial charge in [-0.3, -0.25) is 9.69 Å². The molecule has 0 radical (unpaired) electrons. The van der Waals surface area contributed by atoms with Crippen molar-refractivity contribution in [3.05, 3.63) is 0 Å². The van der Waals surface area contributed by atoms with Gasteiger partial charge in [-0.25, -0.2) is 4.99 Å². The van der Waals surface area contributed by atoms with E-state index in [4.69, 9.17) is 0 Å². The molecule has 1 amide bonds. The van der Waals surface area contributed by atoms with Crippen LogP contribution in [0.15, 0.2) is 4.99 Å². The molecule has 0 aromatic rings. The molecule has 2 rings (SSSR count). The van der Waals surface area contributed by atoms with Crippen molar-refractivity contribution in [1.82, 2.24) is 20.4 Å². The van der Waals surface area contributed by atoms with E-state index < -0.39 is 0 Å². The molecule has 144 valence electrons. The van der Waals surface area contributed by atoms with Crippen LogP contribution in [0.3, 0.4) is 0 Å². The first-order valence-electron chi connectivity index (χ1n) is 9.97. The van der Waals surface area contributed by atoms with E-state index in [0.29, 0.717) is 0 Å². The van der Waals surface area contributed by atoms with Gasteiger partial charge in [0.2, 0.25) is 5.91 Å². The molecule has 2 heterocycles. The number of nitrogens with one attached hydrogen (secondary N) is 2. The third kappa shape index (κ3) is 6.17. The zero-order valence-electron chi connectivity index (χ0n) is 16.6. The fourth-order valence-corrected chi connectivity index (χ4v) is 3.71. The van der Waals surface area contributed by atoms with E-state index in [0.717, 1.165) is 57.4 Å². The molecule has 25 heavy (non-hydrogen) atoms. The zero-order valence-corrected chi connectivity index (χ0v) is 16.6. The first-order valence-corrected chi connectivity index (χ1v) is 9.97. The predicted octanol–water partition coefficient (Wildman–Crippen LogP) is 1.67. The summed E-state index contributed by atoms with van der Waals surface area (Å²) >= 11 is 0. The van der Waals surface area contributed by atoms with Crippen molar-refractivity contribution in [1.29, 1.82) is 0 Å². The van der Waals surface area contributed by atoms with Crippen molar-refractivity contribution in [3.63, 3.8) is 0 Å². The Hall–Kier alpha value is -1.30. The lowest BCUT2D eigenvalue weighted by Crippen LogP contribution is -2.56. The van der Waals surface area contributed by atoms with Gasteiger partial charge in [0, 0.05) is 38.3 Å². The van der Waals surface area contributed by atoms with Crippen LogP contribution in [0.2, 0.25) is 0 Å². The van der Waals surface area contributed by atoms with Crippen molar-refractivity contribution in [2.45, 2.75) is 58.9 Å². The second kappa shape index (κ2) is 9.41. The summed E-state index contributed by atoms with van der Waals surface area (Å²) in [6, 6.07) is 0. The molecule has 0 bridgehead atoms. The van der Waals surface area contributed by atoms with Crippen molar-refractivity contribution < 1.29 is 4.79 Å². The minimum atomic E-state index is 0.0732. The molecule has 2 aliphatic rings. The Morgan fingerprint density at radius 1 is 1.16 bits per heavy atom. The van der Waals surface area contributed by atoms with E-state index >= 15 is 0 Å². The summed E-state index contributed by atoms with van der Waals surface area (Å²) in [4.78, 5) is 21.2. The number of carbonyl (C=O) groups excluding carboxylic acids is 1. The van der Waals surface area contributed by atoms with E-state index in [2.05, 4.69) is 48.2 Å². The number of likely N-dealkylation sites (tertiary alicyclic amines) is 2. The highest BCUT2D eigenvalue weighted by atomic mass is 16.2. The number of piperidine rings is 1. The van der Waals surface area contributed by atoms with Gasteiger partial charge in [-0.2, -0.15) is 0 Å². The second-order valence-corrected chi connectivity index (χ2v) is 8.14. The largest absolute Gasteiger partial charge is 0.357 e. The number of guanidine groups is 1. The van der Waals surface area contributed by atoms with Crippen LogP contribution in [0.1, 0.15) is 53.4 Å². The smallest absolute Gasteiger partial charge is 0.244 e. The minimum absolute atomic E-state index is 0.0732. The maximum atomic E-state index is 12.2. The molecule has 2 N–H and O–H groups in total. The van der Waals surface area contributed by atoms with E-state index in [1.54, 1.807) is 0 Å². The van der Waals surface area contributed by atoms with Crippen molar-refractivity contribution in [2.75, 3.05) is 45.8 Å². The number of aliphatic imine (C=N–C) groups is 1. The molecular weight excluding hydrogens is 314 g/mol. The highest BCUT2D eigenvalue weighted by Gasteiger charge is 2.30. The van der Waals surface area contributed by atoms with Gasteiger partial charge in [-0.15, -0.1) is 0 Å². The Morgan fingerprint density at radius 2 is 1.88 bits per heavy atom. The summed E-state index contributed by atoms with van der Waals surface area (Å²) in [5, 5.41) is 6.71. The molecule has 0 saturated carbocycles. The number of hydrogen-bond donors (Lipinski definition) is 2. The first-order chi connectivity index (χ1) is 11.9. The van der Waals surface area contributed by atoms with Crippen LogP contribution in [-0.2, 0) is 4.79 Å². The third-order valence-electron chi connectivity index (χ3n) is 5.38. The summed E-state index contributed by atoms with van der Waals surface area (Å²) in [6.45, 7) is 14.9. The summed E-state index contributed by atoms with van der Waals surface area (Å²) in [7, 11) is 0. The number of amides is 1. The Labute approximate surface area is 153 Å². The Morgan fingerprint density at radius 3 is 2.52 bits per heavy atom. The van der Waals surface area contributed by atoms with Gasteiger partial charge in [-0.1, -0.05) is 6.92 Å². The quantitative estimate of drug-likeness (QED) is 0.565. The van der Waals surface area contributed by atoms with Crippen molar-refractivity contribution in [3.8, 4) is 0 Å². The van der Waals surface area contributed by atoms with Crippen LogP contribution in [0.5, 0.6) is 0 Å². The molecule has 0 aliphatic carbocycles. The fourth-order valence-electron chi connectivity index (χ4n) is 3.71. The summed E-state index contributed by atoms with van der Waals surface area (Å²) in [6.07, 6.45) is 4.86. The van der Waals surface area contributed by atoms with Gasteiger partial charge in [0.05, 0.1) is 0 Å². The topological polar surface area (TPSA) is 60.0 Å². The lowest BCUT2D eigenvalue weighted by molar-refractivity contribution is -0.128. The average molecular weight is 352 g/mol. The number of nitrogens with zero attached hydrogens (tertiary/aromatic N) is 3. The first kappa shape index (κ1) is 20.0. The van der Waals surface area contributed by atoms with Gasteiger partial charge in [0.15, 0.2) is 5.96 Å². The molecule has 2 saturated heterocycles. The lowest BCUT2D eigenvalue weighted by Gasteiger charge is -2.43. The summed E-state index contributed by atoms with van der Waals surface area (Å²) in [5.74, 6) is 1.65. The van der Waals surface area contributed by atoms with Crippen LogP contribution in [0.25, 0.3) is 0 Å². The van der Waals surface area contributed by atoms with E-state index in [1.807, 2.05) is 4.90 Å². The lowest BCUT2D eigenvalue weighted by atomic mass is 9.93. The highest BCUT2D eigenvalue weighted by molar-refractivity contribution is 5.85. The van der Waals surface area contributed by atoms with Crippen LogP contribution in [-0.4, -0.2) is 73.0 Å². The average Bonchev–Trinajstić information content (AvgIpc) is 3.12. The van der Waals surface area contributed by atoms with Gasteiger partial charge in [0.1, 0.15) is 6.54 Å². The maximum Gasteiger partial charge on any atom is 0.244 e. The molecule has 2 fully saturated rings. The normalized spacial score (nSPS) is 23.0. The van der Waals surface area contributed by atoms with Gasteiger partial charge < -0.3 is 15.5 Å². The van der Waals surface area contributed by atoms with E-state index in [1.165, 1.54) is 19.4 Å². The molecule has 1 unspecified atom stereocenters. The van der Waals surface area contributed by atoms with Crippen molar-refractivity contribution in [2.24, 2.45) is 10.9 Å². The number of rotatable bonds is 6. The Bertz CT molecular complexity index is 457. The maximum absolute atomic E-state index is 12.2. The minimum Gasteiger partial charge on any atom is -0.357 e. The third-order valence-corrected chi connectivity index (χ3v) is 5.38. The zero-order chi connectivity index (χ0) is 18.3. The summed E-state index contributed by atoms with van der Waals surface area (Å²) < 4.78 is 0. The fraction of sp³-hybridized carbons (Fsp3) is 0.895. The van der Waals surface area contributed by atoms with E-state index in [9.17, 15) is 4.79 Å². The number of carbonyl (C=O) groups is 1. The van der Waals surface area contributed by atoms with Gasteiger partial charge in [0.25, 0.3) is 0 Å². The highest BCUT2D eigenvalue weighted by Crippen LogP contribution is 2.23. The molecule has 6 heteroatoms. The van der Waals surface area contributed by atoms with Crippen LogP contribution >= 0.6 is 0 Å². The molecule has 1 atom stereocenters. The Kier molecular flexibility index (Phi) is 7.54. The molecule has 2 aliphatic heterocycles. The summed E-state index contributed by atoms with van der Waals surface area (Å²) in [5.41, 5.74) is 0.0732. The predicted molar refractivity (Wildman–Crippen MR) is 104 cm³/mol. The van der Waals surface area contributed by atoms with Crippen LogP contribution < -0.4 is 10.6 Å². The Balaban J connectivity index is 1.86. The second-order valence-electron chi connectivity index (χ2n) is 8.14. The SMILES string of the molecule is CCNC(=NCC(=O)N1CCCC1)NCC(C)(C)N1CCCC(C)C1. The molecule has 6 nitrogen and oxygen atoms in total. The molecule has 0 spiro atoms.